The molecule has 1 unspecified atom stereocenters. The second-order valence-electron chi connectivity index (χ2n) is 5.00. The number of nitrogens with zero attached hydrogens (tertiary/aromatic N) is 1. The van der Waals surface area contributed by atoms with Crippen molar-refractivity contribution in [1.82, 2.24) is 4.90 Å². The number of morpholine rings is 1. The molecule has 1 amide bonds. The van der Waals surface area contributed by atoms with Crippen LogP contribution in [0.25, 0.3) is 0 Å². The summed E-state index contributed by atoms with van der Waals surface area (Å²) in [7, 11) is 0. The summed E-state index contributed by atoms with van der Waals surface area (Å²) in [5, 5.41) is 0. The predicted octanol–water partition coefficient (Wildman–Crippen LogP) is 1.39. The van der Waals surface area contributed by atoms with E-state index in [4.69, 9.17) is 15.2 Å². The van der Waals surface area contributed by atoms with Gasteiger partial charge in [-0.05, 0) is 33.7 Å². The quantitative estimate of drug-likeness (QED) is 0.820. The number of hydrogen-bond donors (Lipinski definition) is 1. The van der Waals surface area contributed by atoms with E-state index in [1.807, 2.05) is 20.8 Å². The zero-order valence-corrected chi connectivity index (χ0v) is 11.6. The Bertz CT molecular complexity index is 241. The van der Waals surface area contributed by atoms with E-state index < -0.39 is 5.60 Å². The number of amides is 1. The van der Waals surface area contributed by atoms with Gasteiger partial charge in [0.1, 0.15) is 5.60 Å². The summed E-state index contributed by atoms with van der Waals surface area (Å²) in [5.74, 6) is 0. The van der Waals surface area contributed by atoms with Crippen molar-refractivity contribution < 1.29 is 14.3 Å². The summed E-state index contributed by atoms with van der Waals surface area (Å²) >= 11 is 0. The average Bonchev–Trinajstić information content (AvgIpc) is 2.16. The molecule has 0 aliphatic carbocycles. The van der Waals surface area contributed by atoms with Crippen LogP contribution in [0.2, 0.25) is 0 Å². The highest BCUT2D eigenvalue weighted by molar-refractivity contribution is 5.85. The van der Waals surface area contributed by atoms with Crippen LogP contribution in [0.1, 0.15) is 27.2 Å². The molecule has 1 fully saturated rings. The summed E-state index contributed by atoms with van der Waals surface area (Å²) in [6.45, 7) is 7.90. The van der Waals surface area contributed by atoms with Gasteiger partial charge in [-0.3, -0.25) is 0 Å². The molecular weight excluding hydrogens is 244 g/mol. The lowest BCUT2D eigenvalue weighted by Crippen LogP contribution is -2.47. The van der Waals surface area contributed by atoms with Crippen molar-refractivity contribution in [1.29, 1.82) is 0 Å². The molecular formula is C11H23ClN2O3. The Kier molecular flexibility index (Phi) is 6.82. The molecule has 0 aromatic carbocycles. The Morgan fingerprint density at radius 1 is 1.53 bits per heavy atom. The molecule has 17 heavy (non-hydrogen) atoms. The smallest absolute Gasteiger partial charge is 0.410 e. The monoisotopic (exact) mass is 266 g/mol. The fourth-order valence-corrected chi connectivity index (χ4v) is 1.57. The van der Waals surface area contributed by atoms with Crippen molar-refractivity contribution in [2.45, 2.75) is 38.9 Å². The molecule has 1 saturated heterocycles. The van der Waals surface area contributed by atoms with Crippen LogP contribution in [-0.2, 0) is 9.47 Å². The van der Waals surface area contributed by atoms with Crippen LogP contribution in [0.3, 0.4) is 0 Å². The lowest BCUT2D eigenvalue weighted by molar-refractivity contribution is -0.0436. The lowest BCUT2D eigenvalue weighted by atomic mass is 10.2. The van der Waals surface area contributed by atoms with Gasteiger partial charge in [-0.25, -0.2) is 4.79 Å². The first-order valence-electron chi connectivity index (χ1n) is 5.72. The van der Waals surface area contributed by atoms with Gasteiger partial charge < -0.3 is 20.1 Å². The van der Waals surface area contributed by atoms with Gasteiger partial charge in [-0.15, -0.1) is 12.4 Å². The van der Waals surface area contributed by atoms with Gasteiger partial charge in [-0.1, -0.05) is 0 Å². The molecule has 102 valence electrons. The summed E-state index contributed by atoms with van der Waals surface area (Å²) in [4.78, 5) is 13.5. The Labute approximate surface area is 109 Å². The van der Waals surface area contributed by atoms with Crippen LogP contribution in [0.15, 0.2) is 0 Å². The molecule has 0 aromatic heterocycles. The fraction of sp³-hybridized carbons (Fsp3) is 0.909. The van der Waals surface area contributed by atoms with Gasteiger partial charge in [0.2, 0.25) is 0 Å². The zero-order valence-electron chi connectivity index (χ0n) is 10.8. The van der Waals surface area contributed by atoms with E-state index in [0.29, 0.717) is 26.2 Å². The Morgan fingerprint density at radius 3 is 2.71 bits per heavy atom. The molecule has 1 aliphatic heterocycles. The molecule has 0 aromatic rings. The third kappa shape index (κ3) is 6.10. The number of hydrogen-bond acceptors (Lipinski definition) is 4. The Hall–Kier alpha value is -0.520. The summed E-state index contributed by atoms with van der Waals surface area (Å²) in [6.07, 6.45) is 0.559. The van der Waals surface area contributed by atoms with Crippen molar-refractivity contribution in [2.24, 2.45) is 5.73 Å². The van der Waals surface area contributed by atoms with Crippen molar-refractivity contribution in [3.05, 3.63) is 0 Å². The number of carbonyl (C=O) groups is 1. The molecule has 1 atom stereocenters. The molecule has 0 saturated carbocycles. The lowest BCUT2D eigenvalue weighted by Gasteiger charge is -2.34. The van der Waals surface area contributed by atoms with Crippen molar-refractivity contribution in [3.8, 4) is 0 Å². The molecule has 5 nitrogen and oxygen atoms in total. The second-order valence-corrected chi connectivity index (χ2v) is 5.00. The van der Waals surface area contributed by atoms with Crippen LogP contribution in [0.4, 0.5) is 4.79 Å². The Balaban J connectivity index is 0.00000256. The molecule has 0 spiro atoms. The molecule has 2 N–H and O–H groups in total. The molecule has 6 heteroatoms. The molecule has 1 heterocycles. The zero-order chi connectivity index (χ0) is 12.2. The van der Waals surface area contributed by atoms with Crippen molar-refractivity contribution >= 4 is 18.5 Å². The normalized spacial score (nSPS) is 20.7. The van der Waals surface area contributed by atoms with Crippen molar-refractivity contribution in [2.75, 3.05) is 26.2 Å². The molecule has 0 radical (unpaired) electrons. The van der Waals surface area contributed by atoms with E-state index in [9.17, 15) is 4.79 Å². The number of rotatable bonds is 2. The summed E-state index contributed by atoms with van der Waals surface area (Å²) in [5.41, 5.74) is 5.02. The fourth-order valence-electron chi connectivity index (χ4n) is 1.57. The topological polar surface area (TPSA) is 64.8 Å². The summed E-state index contributed by atoms with van der Waals surface area (Å²) < 4.78 is 10.8. The molecule has 1 aliphatic rings. The van der Waals surface area contributed by atoms with E-state index in [2.05, 4.69) is 0 Å². The first-order valence-corrected chi connectivity index (χ1v) is 5.72. The third-order valence-corrected chi connectivity index (χ3v) is 2.28. The van der Waals surface area contributed by atoms with E-state index in [0.717, 1.165) is 6.42 Å². The van der Waals surface area contributed by atoms with E-state index >= 15 is 0 Å². The van der Waals surface area contributed by atoms with Gasteiger partial charge in [0.15, 0.2) is 0 Å². The van der Waals surface area contributed by atoms with Crippen LogP contribution in [0.5, 0.6) is 0 Å². The highest BCUT2D eigenvalue weighted by atomic mass is 35.5. The average molecular weight is 267 g/mol. The van der Waals surface area contributed by atoms with Crippen molar-refractivity contribution in [3.63, 3.8) is 0 Å². The minimum atomic E-state index is -0.446. The van der Waals surface area contributed by atoms with Crippen LogP contribution in [0, 0.1) is 0 Å². The maximum Gasteiger partial charge on any atom is 0.410 e. The number of ether oxygens (including phenoxy) is 2. The SMILES string of the molecule is CC(C)(C)OC(=O)N1CCOC(CCN)C1.Cl. The number of nitrogens with two attached hydrogens (primary N) is 1. The van der Waals surface area contributed by atoms with E-state index in [1.165, 1.54) is 0 Å². The minimum absolute atomic E-state index is 0. The first kappa shape index (κ1) is 16.5. The minimum Gasteiger partial charge on any atom is -0.444 e. The molecule has 0 bridgehead atoms. The van der Waals surface area contributed by atoms with Gasteiger partial charge in [0, 0.05) is 6.54 Å². The summed E-state index contributed by atoms with van der Waals surface area (Å²) in [6, 6.07) is 0. The van der Waals surface area contributed by atoms with Gasteiger partial charge in [0.25, 0.3) is 0 Å². The number of carbonyl (C=O) groups excluding carboxylic acids is 1. The predicted molar refractivity (Wildman–Crippen MR) is 68.5 cm³/mol. The largest absolute Gasteiger partial charge is 0.444 e. The maximum atomic E-state index is 11.8. The van der Waals surface area contributed by atoms with E-state index in [-0.39, 0.29) is 24.6 Å². The van der Waals surface area contributed by atoms with Gasteiger partial charge in [-0.2, -0.15) is 0 Å². The van der Waals surface area contributed by atoms with Crippen LogP contribution < -0.4 is 5.73 Å². The maximum absolute atomic E-state index is 11.8. The van der Waals surface area contributed by atoms with Gasteiger partial charge in [0.05, 0.1) is 19.3 Å². The van der Waals surface area contributed by atoms with Gasteiger partial charge >= 0.3 is 6.09 Å². The van der Waals surface area contributed by atoms with Crippen LogP contribution >= 0.6 is 12.4 Å². The Morgan fingerprint density at radius 2 is 2.18 bits per heavy atom. The van der Waals surface area contributed by atoms with E-state index in [1.54, 1.807) is 4.90 Å². The third-order valence-electron chi connectivity index (χ3n) is 2.28. The number of halogens is 1. The first-order chi connectivity index (χ1) is 7.42. The highest BCUT2D eigenvalue weighted by Gasteiger charge is 2.27. The standard InChI is InChI=1S/C11H22N2O3.ClH/c1-11(2,3)16-10(14)13-6-7-15-9(8-13)4-5-12;/h9H,4-8,12H2,1-3H3;1H. The molecule has 1 rings (SSSR count). The second kappa shape index (κ2) is 7.03. The highest BCUT2D eigenvalue weighted by Crippen LogP contribution is 2.13. The van der Waals surface area contributed by atoms with Crippen LogP contribution in [-0.4, -0.2) is 48.9 Å².